The summed E-state index contributed by atoms with van der Waals surface area (Å²) in [5, 5.41) is 5.11. The molecule has 0 aromatic carbocycles. The molecule has 0 aliphatic carbocycles. The van der Waals surface area contributed by atoms with E-state index in [1.165, 1.54) is 28.2 Å². The Morgan fingerprint density at radius 3 is 2.88 bits per heavy atom. The quantitative estimate of drug-likeness (QED) is 0.912. The van der Waals surface area contributed by atoms with Crippen molar-refractivity contribution in [3.05, 3.63) is 40.0 Å². The van der Waals surface area contributed by atoms with Gasteiger partial charge in [0, 0.05) is 23.8 Å². The average molecular weight is 253 g/mol. The fourth-order valence-corrected chi connectivity index (χ4v) is 2.04. The summed E-state index contributed by atoms with van der Waals surface area (Å²) in [6, 6.07) is 1.25. The summed E-state index contributed by atoms with van der Waals surface area (Å²) in [6.45, 7) is 3.69. The third kappa shape index (κ3) is 2.36. The van der Waals surface area contributed by atoms with E-state index in [0.717, 1.165) is 0 Å². The second-order valence-electron chi connectivity index (χ2n) is 3.83. The number of pyridine rings is 1. The molecule has 6 heteroatoms. The number of nitrogens with zero attached hydrogens (tertiary/aromatic N) is 2. The molecule has 0 amide bonds. The van der Waals surface area contributed by atoms with Crippen molar-refractivity contribution in [3.8, 4) is 5.13 Å². The maximum atomic E-state index is 13.5. The normalized spacial score (nSPS) is 10.8. The highest BCUT2D eigenvalue weighted by Gasteiger charge is 2.12. The number of rotatable bonds is 3. The number of nitrogens with one attached hydrogen (secondary N) is 1. The topological polar surface area (TPSA) is 46.9 Å². The van der Waals surface area contributed by atoms with Gasteiger partial charge in [0.25, 0.3) is 5.56 Å². The van der Waals surface area contributed by atoms with Crippen LogP contribution in [-0.4, -0.2) is 15.6 Å². The Labute approximate surface area is 102 Å². The highest BCUT2D eigenvalue weighted by molar-refractivity contribution is 7.12. The van der Waals surface area contributed by atoms with E-state index in [2.05, 4.69) is 10.3 Å². The predicted molar refractivity (Wildman–Crippen MR) is 66.4 cm³/mol. The van der Waals surface area contributed by atoms with Crippen LogP contribution in [0.5, 0.6) is 0 Å². The lowest BCUT2D eigenvalue weighted by atomic mass is 10.3. The Morgan fingerprint density at radius 1 is 1.53 bits per heavy atom. The van der Waals surface area contributed by atoms with Gasteiger partial charge >= 0.3 is 0 Å². The lowest BCUT2D eigenvalue weighted by molar-refractivity contribution is 0.620. The lowest BCUT2D eigenvalue weighted by Crippen LogP contribution is -2.25. The Hall–Kier alpha value is -1.69. The molecule has 17 heavy (non-hydrogen) atoms. The minimum atomic E-state index is -0.545. The molecule has 2 aromatic rings. The van der Waals surface area contributed by atoms with Gasteiger partial charge in [0.2, 0.25) is 0 Å². The zero-order valence-corrected chi connectivity index (χ0v) is 10.3. The van der Waals surface area contributed by atoms with Crippen LogP contribution in [0.2, 0.25) is 0 Å². The van der Waals surface area contributed by atoms with Crippen LogP contribution in [0.3, 0.4) is 0 Å². The molecule has 0 aliphatic rings. The van der Waals surface area contributed by atoms with Crippen molar-refractivity contribution in [1.82, 2.24) is 9.55 Å². The van der Waals surface area contributed by atoms with Gasteiger partial charge < -0.3 is 5.32 Å². The molecule has 0 aliphatic heterocycles. The number of aromatic nitrogens is 2. The largest absolute Gasteiger partial charge is 0.376 e. The molecule has 0 radical (unpaired) electrons. The summed E-state index contributed by atoms with van der Waals surface area (Å²) >= 11 is 1.33. The number of thiazole rings is 1. The first-order valence-corrected chi connectivity index (χ1v) is 6.05. The second kappa shape index (κ2) is 4.67. The molecule has 0 fully saturated rings. The molecule has 0 bridgehead atoms. The van der Waals surface area contributed by atoms with Gasteiger partial charge in [0.15, 0.2) is 10.9 Å². The molecule has 0 saturated carbocycles. The molecule has 0 unspecified atom stereocenters. The number of hydrogen-bond donors (Lipinski definition) is 1. The highest BCUT2D eigenvalue weighted by Crippen LogP contribution is 2.13. The molecule has 2 rings (SSSR count). The first kappa shape index (κ1) is 11.8. The van der Waals surface area contributed by atoms with Gasteiger partial charge in [0.1, 0.15) is 5.69 Å². The van der Waals surface area contributed by atoms with Gasteiger partial charge in [0.05, 0.1) is 0 Å². The van der Waals surface area contributed by atoms with Crippen LogP contribution >= 0.6 is 11.3 Å². The second-order valence-corrected chi connectivity index (χ2v) is 4.70. The van der Waals surface area contributed by atoms with Crippen LogP contribution in [0, 0.1) is 5.82 Å². The molecule has 2 heterocycles. The smallest absolute Gasteiger partial charge is 0.283 e. The van der Waals surface area contributed by atoms with Crippen LogP contribution in [0.15, 0.2) is 28.6 Å². The van der Waals surface area contributed by atoms with E-state index >= 15 is 0 Å². The van der Waals surface area contributed by atoms with E-state index in [4.69, 9.17) is 0 Å². The first-order valence-electron chi connectivity index (χ1n) is 5.17. The summed E-state index contributed by atoms with van der Waals surface area (Å²) in [7, 11) is 0. The van der Waals surface area contributed by atoms with Gasteiger partial charge in [-0.3, -0.25) is 9.36 Å². The summed E-state index contributed by atoms with van der Waals surface area (Å²) in [6.07, 6.45) is 2.99. The van der Waals surface area contributed by atoms with Crippen molar-refractivity contribution in [2.45, 2.75) is 19.9 Å². The Morgan fingerprint density at radius 2 is 2.29 bits per heavy atom. The van der Waals surface area contributed by atoms with Gasteiger partial charge in [-0.15, -0.1) is 11.3 Å². The van der Waals surface area contributed by atoms with E-state index in [9.17, 15) is 9.18 Å². The van der Waals surface area contributed by atoms with E-state index in [0.29, 0.717) is 5.13 Å². The molecule has 0 saturated heterocycles. The zero-order chi connectivity index (χ0) is 12.4. The number of halogens is 1. The Bertz CT molecular complexity index is 563. The Balaban J connectivity index is 2.54. The van der Waals surface area contributed by atoms with Crippen molar-refractivity contribution in [2.24, 2.45) is 0 Å². The average Bonchev–Trinajstić information content (AvgIpc) is 2.77. The van der Waals surface area contributed by atoms with Crippen LogP contribution in [0.1, 0.15) is 13.8 Å². The van der Waals surface area contributed by atoms with Crippen molar-refractivity contribution < 1.29 is 4.39 Å². The standard InChI is InChI=1S/C11H12FN3OS/c1-7(2)14-9-8(12)3-5-15(10(9)16)11-13-4-6-17-11/h3-7,14H,1-2H3. The molecule has 4 nitrogen and oxygen atoms in total. The highest BCUT2D eigenvalue weighted by atomic mass is 32.1. The Kier molecular flexibility index (Phi) is 3.23. The molecule has 2 aromatic heterocycles. The number of anilines is 1. The molecule has 0 atom stereocenters. The summed E-state index contributed by atoms with van der Waals surface area (Å²) < 4.78 is 14.9. The van der Waals surface area contributed by atoms with E-state index in [-0.39, 0.29) is 11.7 Å². The first-order chi connectivity index (χ1) is 8.09. The van der Waals surface area contributed by atoms with Gasteiger partial charge in [-0.05, 0) is 19.9 Å². The zero-order valence-electron chi connectivity index (χ0n) is 9.48. The molecular formula is C11H12FN3OS. The fraction of sp³-hybridized carbons (Fsp3) is 0.273. The molecule has 90 valence electrons. The van der Waals surface area contributed by atoms with Crippen molar-refractivity contribution in [1.29, 1.82) is 0 Å². The maximum Gasteiger partial charge on any atom is 0.283 e. The molecular weight excluding hydrogens is 241 g/mol. The maximum absolute atomic E-state index is 13.5. The predicted octanol–water partition coefficient (Wildman–Crippen LogP) is 2.25. The van der Waals surface area contributed by atoms with Crippen molar-refractivity contribution in [3.63, 3.8) is 0 Å². The van der Waals surface area contributed by atoms with E-state index in [1.54, 1.807) is 11.6 Å². The van der Waals surface area contributed by atoms with E-state index < -0.39 is 11.4 Å². The third-order valence-electron chi connectivity index (χ3n) is 2.10. The van der Waals surface area contributed by atoms with Crippen LogP contribution < -0.4 is 10.9 Å². The summed E-state index contributed by atoms with van der Waals surface area (Å²) in [5.41, 5.74) is -0.439. The van der Waals surface area contributed by atoms with Crippen LogP contribution in [0.25, 0.3) is 5.13 Å². The lowest BCUT2D eigenvalue weighted by Gasteiger charge is -2.11. The van der Waals surface area contributed by atoms with Gasteiger partial charge in [-0.1, -0.05) is 0 Å². The monoisotopic (exact) mass is 253 g/mol. The SMILES string of the molecule is CC(C)Nc1c(F)ccn(-c2nccs2)c1=O. The minimum absolute atomic E-state index is 0.00987. The fourth-order valence-electron chi connectivity index (χ4n) is 1.42. The van der Waals surface area contributed by atoms with Gasteiger partial charge in [-0.2, -0.15) is 0 Å². The van der Waals surface area contributed by atoms with Crippen molar-refractivity contribution >= 4 is 17.0 Å². The third-order valence-corrected chi connectivity index (χ3v) is 2.87. The summed E-state index contributed by atoms with van der Waals surface area (Å²) in [5.74, 6) is -0.545. The minimum Gasteiger partial charge on any atom is -0.376 e. The molecule has 0 spiro atoms. The number of hydrogen-bond acceptors (Lipinski definition) is 4. The van der Waals surface area contributed by atoms with Crippen molar-refractivity contribution in [2.75, 3.05) is 5.32 Å². The molecule has 1 N–H and O–H groups in total. The van der Waals surface area contributed by atoms with Crippen LogP contribution in [0.4, 0.5) is 10.1 Å². The van der Waals surface area contributed by atoms with Crippen LogP contribution in [-0.2, 0) is 0 Å². The summed E-state index contributed by atoms with van der Waals surface area (Å²) in [4.78, 5) is 16.1. The van der Waals surface area contributed by atoms with E-state index in [1.807, 2.05) is 13.8 Å². The van der Waals surface area contributed by atoms with Gasteiger partial charge in [-0.25, -0.2) is 9.37 Å².